The number of aliphatic hydroxyl groups is 1. The fourth-order valence-corrected chi connectivity index (χ4v) is 12.3. The van der Waals surface area contributed by atoms with Crippen molar-refractivity contribution in [3.8, 4) is 0 Å². The summed E-state index contributed by atoms with van der Waals surface area (Å²) in [5.74, 6) is 2.79. The van der Waals surface area contributed by atoms with E-state index in [-0.39, 0.29) is 33.7 Å². The summed E-state index contributed by atoms with van der Waals surface area (Å²) in [6.07, 6.45) is 15.8. The molecular weight excluding hydrogens is 480 g/mol. The van der Waals surface area contributed by atoms with Crippen LogP contribution < -0.4 is 0 Å². The molecule has 0 radical (unpaired) electrons. The molecule has 39 heavy (non-hydrogen) atoms. The van der Waals surface area contributed by atoms with Crippen molar-refractivity contribution < 1.29 is 14.6 Å². The number of carbonyl (C=O) groups is 1. The lowest BCUT2D eigenvalue weighted by Gasteiger charge is -2.72. The van der Waals surface area contributed by atoms with E-state index < -0.39 is 0 Å². The minimum absolute atomic E-state index is 0.00874. The predicted octanol–water partition coefficient (Wildman–Crippen LogP) is 9.13. The van der Waals surface area contributed by atoms with Gasteiger partial charge in [-0.1, -0.05) is 73.0 Å². The van der Waals surface area contributed by atoms with Crippen LogP contribution in [0.5, 0.6) is 0 Å². The third-order valence-corrected chi connectivity index (χ3v) is 14.7. The second kappa shape index (κ2) is 10.2. The van der Waals surface area contributed by atoms with Crippen molar-refractivity contribution in [2.75, 3.05) is 6.61 Å². The van der Waals surface area contributed by atoms with Gasteiger partial charge in [0.05, 0.1) is 18.1 Å². The second-order valence-corrected chi connectivity index (χ2v) is 16.4. The first-order valence-corrected chi connectivity index (χ1v) is 16.8. The summed E-state index contributed by atoms with van der Waals surface area (Å²) in [5.41, 5.74) is 1.77. The molecule has 0 heterocycles. The molecule has 0 aromatic rings. The number of unbranched alkanes of at least 4 members (excludes halogenated alkanes) is 3. The Labute approximate surface area is 240 Å². The number of allylic oxidation sites excluding steroid dienone is 1. The van der Waals surface area contributed by atoms with E-state index in [1.807, 2.05) is 0 Å². The Morgan fingerprint density at radius 3 is 2.28 bits per heavy atom. The zero-order valence-corrected chi connectivity index (χ0v) is 26.5. The van der Waals surface area contributed by atoms with Gasteiger partial charge in [-0.2, -0.15) is 0 Å². The Bertz CT molecular complexity index is 953. The molecule has 0 aliphatic heterocycles. The molecule has 0 aromatic heterocycles. The molecule has 5 aliphatic rings. The van der Waals surface area contributed by atoms with Crippen molar-refractivity contribution in [1.29, 1.82) is 0 Å². The van der Waals surface area contributed by atoms with Crippen LogP contribution in [0.1, 0.15) is 138 Å². The Morgan fingerprint density at radius 2 is 1.59 bits per heavy atom. The number of esters is 1. The van der Waals surface area contributed by atoms with Gasteiger partial charge in [0.15, 0.2) is 0 Å². The van der Waals surface area contributed by atoms with Crippen LogP contribution in [0.15, 0.2) is 12.2 Å². The van der Waals surface area contributed by atoms with E-state index in [1.165, 1.54) is 44.1 Å². The summed E-state index contributed by atoms with van der Waals surface area (Å²) in [6.45, 7) is 22.1. The van der Waals surface area contributed by atoms with Gasteiger partial charge in [-0.25, -0.2) is 0 Å². The van der Waals surface area contributed by atoms with E-state index in [0.717, 1.165) is 51.4 Å². The van der Waals surface area contributed by atoms with Gasteiger partial charge < -0.3 is 9.84 Å². The Morgan fingerprint density at radius 1 is 0.846 bits per heavy atom. The van der Waals surface area contributed by atoms with Crippen LogP contribution in [0, 0.1) is 56.7 Å². The van der Waals surface area contributed by atoms with Crippen LogP contribution in [0.2, 0.25) is 0 Å². The topological polar surface area (TPSA) is 46.5 Å². The monoisotopic (exact) mass is 540 g/mol. The summed E-state index contributed by atoms with van der Waals surface area (Å²) in [4.78, 5) is 14.0. The van der Waals surface area contributed by atoms with Gasteiger partial charge in [0.1, 0.15) is 0 Å². The van der Waals surface area contributed by atoms with Crippen LogP contribution >= 0.6 is 0 Å². The van der Waals surface area contributed by atoms with Crippen LogP contribution in [0.4, 0.5) is 0 Å². The minimum atomic E-state index is -0.306. The molecule has 1 N–H and O–H groups in total. The molecule has 0 saturated heterocycles. The Balaban J connectivity index is 1.46. The average molecular weight is 541 g/mol. The first-order valence-electron chi connectivity index (χ1n) is 16.8. The number of rotatable bonds is 7. The van der Waals surface area contributed by atoms with Gasteiger partial charge in [-0.3, -0.25) is 4.79 Å². The summed E-state index contributed by atoms with van der Waals surface area (Å²) in [7, 11) is 0. The molecule has 10 atom stereocenters. The summed E-state index contributed by atoms with van der Waals surface area (Å²) >= 11 is 0. The number of carbonyl (C=O) groups excluding carboxylic acids is 1. The molecule has 0 aromatic carbocycles. The van der Waals surface area contributed by atoms with Crippen LogP contribution in [0.25, 0.3) is 0 Å². The molecule has 0 amide bonds. The van der Waals surface area contributed by atoms with Crippen LogP contribution in [0.3, 0.4) is 0 Å². The third kappa shape index (κ3) is 4.16. The molecule has 5 aliphatic carbocycles. The largest absolute Gasteiger partial charge is 0.465 e. The standard InChI is InChI=1S/C36H60O3/c1-9-10-11-12-23-39-31(38)36-20-15-25(24(2)3)30(36)26-13-14-28-33(6)18-17-29(37)32(4,5)27(33)16-19-35(28,8)34(26,7)21-22-36/h25-30,37H,2,9-23H2,1,3-8H3/t25-,26+,27-,28+,29-,30+,33-,34+,35+,36-/m0/s1. The molecule has 5 rings (SSSR count). The fourth-order valence-electron chi connectivity index (χ4n) is 12.3. The zero-order valence-electron chi connectivity index (χ0n) is 26.5. The summed E-state index contributed by atoms with van der Waals surface area (Å²) in [6, 6.07) is 0. The van der Waals surface area contributed by atoms with Crippen molar-refractivity contribution in [2.45, 2.75) is 144 Å². The Kier molecular flexibility index (Phi) is 7.73. The molecule has 5 saturated carbocycles. The molecule has 3 nitrogen and oxygen atoms in total. The molecule has 0 spiro atoms. The highest BCUT2D eigenvalue weighted by Crippen LogP contribution is 2.77. The Hall–Kier alpha value is -0.830. The van der Waals surface area contributed by atoms with Crippen molar-refractivity contribution in [3.05, 3.63) is 12.2 Å². The number of fused-ring (bicyclic) bond motifs is 7. The highest BCUT2D eigenvalue weighted by Gasteiger charge is 2.72. The van der Waals surface area contributed by atoms with Gasteiger partial charge in [0.2, 0.25) is 0 Å². The highest BCUT2D eigenvalue weighted by molar-refractivity contribution is 5.78. The lowest BCUT2D eigenvalue weighted by Crippen LogP contribution is -2.67. The molecule has 222 valence electrons. The van der Waals surface area contributed by atoms with E-state index >= 15 is 0 Å². The van der Waals surface area contributed by atoms with Gasteiger partial charge >= 0.3 is 5.97 Å². The molecule has 3 heteroatoms. The maximum Gasteiger partial charge on any atom is 0.312 e. The second-order valence-electron chi connectivity index (χ2n) is 16.4. The summed E-state index contributed by atoms with van der Waals surface area (Å²) in [5, 5.41) is 11.0. The number of aliphatic hydroxyl groups excluding tert-OH is 1. The number of ether oxygens (including phenoxy) is 1. The van der Waals surface area contributed by atoms with Gasteiger partial charge in [0.25, 0.3) is 0 Å². The zero-order chi connectivity index (χ0) is 28.4. The lowest BCUT2D eigenvalue weighted by atomic mass is 9.32. The maximum atomic E-state index is 14.0. The summed E-state index contributed by atoms with van der Waals surface area (Å²) < 4.78 is 6.13. The highest BCUT2D eigenvalue weighted by atomic mass is 16.5. The average Bonchev–Trinajstić information content (AvgIpc) is 3.28. The first-order chi connectivity index (χ1) is 18.3. The quantitative estimate of drug-likeness (QED) is 0.199. The van der Waals surface area contributed by atoms with Gasteiger partial charge in [0, 0.05) is 0 Å². The normalized spacial score (nSPS) is 48.3. The van der Waals surface area contributed by atoms with E-state index in [0.29, 0.717) is 41.6 Å². The SMILES string of the molecule is C=C(C)[C@@H]1CC[C@]2(C(=O)OCCCCCC)CC[C@]3(C)[C@H](CC[C@@H]4[C@@]5(C)CC[C@H](O)C(C)(C)[C@@H]5CC[C@]43C)[C@@H]12. The van der Waals surface area contributed by atoms with Crippen molar-refractivity contribution >= 4 is 5.97 Å². The van der Waals surface area contributed by atoms with Crippen molar-refractivity contribution in [3.63, 3.8) is 0 Å². The smallest absolute Gasteiger partial charge is 0.312 e. The molecule has 0 bridgehead atoms. The minimum Gasteiger partial charge on any atom is -0.465 e. The first kappa shape index (κ1) is 29.7. The van der Waals surface area contributed by atoms with E-state index in [9.17, 15) is 9.90 Å². The maximum absolute atomic E-state index is 14.0. The molecular formula is C36H60O3. The number of hydrogen-bond acceptors (Lipinski definition) is 3. The van der Waals surface area contributed by atoms with Gasteiger partial charge in [-0.15, -0.1) is 0 Å². The molecule has 0 unspecified atom stereocenters. The number of hydrogen-bond donors (Lipinski definition) is 1. The van der Waals surface area contributed by atoms with Gasteiger partial charge in [-0.05, 0) is 129 Å². The van der Waals surface area contributed by atoms with Crippen molar-refractivity contribution in [1.82, 2.24) is 0 Å². The molecule has 5 fully saturated rings. The third-order valence-electron chi connectivity index (χ3n) is 14.7. The van der Waals surface area contributed by atoms with E-state index in [2.05, 4.69) is 55.0 Å². The van der Waals surface area contributed by atoms with Crippen LogP contribution in [-0.4, -0.2) is 23.8 Å². The predicted molar refractivity (Wildman–Crippen MR) is 160 cm³/mol. The van der Waals surface area contributed by atoms with E-state index in [4.69, 9.17) is 4.74 Å². The van der Waals surface area contributed by atoms with Crippen molar-refractivity contribution in [2.24, 2.45) is 56.7 Å². The lowest BCUT2D eigenvalue weighted by molar-refractivity contribution is -0.248. The van der Waals surface area contributed by atoms with Crippen LogP contribution in [-0.2, 0) is 9.53 Å². The van der Waals surface area contributed by atoms with E-state index in [1.54, 1.807) is 0 Å². The fraction of sp³-hybridized carbons (Fsp3) is 0.917.